The van der Waals surface area contributed by atoms with Crippen LogP contribution in [0.5, 0.6) is 0 Å². The summed E-state index contributed by atoms with van der Waals surface area (Å²) in [5.41, 5.74) is 3.02. The zero-order chi connectivity index (χ0) is 15.3. The van der Waals surface area contributed by atoms with Crippen LogP contribution in [0.2, 0.25) is 0 Å². The molecule has 0 saturated carbocycles. The van der Waals surface area contributed by atoms with Gasteiger partial charge in [-0.25, -0.2) is 0 Å². The SMILES string of the molecule is CCNC(Cc1ccc(C(C)(C)C)cc1)C1CSCCO1. The minimum atomic E-state index is 0.225. The third kappa shape index (κ3) is 5.01. The van der Waals surface area contributed by atoms with Gasteiger partial charge in [-0.3, -0.25) is 0 Å². The Kier molecular flexibility index (Phi) is 6.15. The van der Waals surface area contributed by atoms with E-state index in [0.717, 1.165) is 31.1 Å². The van der Waals surface area contributed by atoms with Gasteiger partial charge in [0.2, 0.25) is 0 Å². The van der Waals surface area contributed by atoms with Gasteiger partial charge in [0.15, 0.2) is 0 Å². The molecule has 118 valence electrons. The Balaban J connectivity index is 2.02. The van der Waals surface area contributed by atoms with Gasteiger partial charge in [0.05, 0.1) is 12.7 Å². The van der Waals surface area contributed by atoms with Gasteiger partial charge >= 0.3 is 0 Å². The van der Waals surface area contributed by atoms with Crippen molar-refractivity contribution in [1.29, 1.82) is 0 Å². The van der Waals surface area contributed by atoms with Gasteiger partial charge in [0.25, 0.3) is 0 Å². The van der Waals surface area contributed by atoms with E-state index in [-0.39, 0.29) is 5.41 Å². The first-order valence-electron chi connectivity index (χ1n) is 8.03. The zero-order valence-electron chi connectivity index (χ0n) is 13.8. The summed E-state index contributed by atoms with van der Waals surface area (Å²) in [5.74, 6) is 2.24. The molecule has 1 N–H and O–H groups in total. The van der Waals surface area contributed by atoms with Gasteiger partial charge in [0.1, 0.15) is 0 Å². The number of nitrogens with one attached hydrogen (secondary N) is 1. The summed E-state index contributed by atoms with van der Waals surface area (Å²) in [4.78, 5) is 0. The molecule has 21 heavy (non-hydrogen) atoms. The maximum atomic E-state index is 5.96. The van der Waals surface area contributed by atoms with E-state index in [4.69, 9.17) is 4.74 Å². The van der Waals surface area contributed by atoms with Gasteiger partial charge in [-0.15, -0.1) is 0 Å². The van der Waals surface area contributed by atoms with Gasteiger partial charge in [-0.2, -0.15) is 11.8 Å². The summed E-state index contributed by atoms with van der Waals surface area (Å²) in [6.45, 7) is 10.8. The first-order chi connectivity index (χ1) is 10.0. The average molecular weight is 308 g/mol. The van der Waals surface area contributed by atoms with E-state index in [1.54, 1.807) is 0 Å². The van der Waals surface area contributed by atoms with E-state index in [2.05, 4.69) is 57.3 Å². The molecule has 0 spiro atoms. The number of ether oxygens (including phenoxy) is 1. The highest BCUT2D eigenvalue weighted by Gasteiger charge is 2.24. The van der Waals surface area contributed by atoms with Crippen LogP contribution in [0, 0.1) is 0 Å². The fourth-order valence-electron chi connectivity index (χ4n) is 2.73. The third-order valence-corrected chi connectivity index (χ3v) is 5.05. The summed E-state index contributed by atoms with van der Waals surface area (Å²) in [6.07, 6.45) is 1.38. The van der Waals surface area contributed by atoms with Crippen LogP contribution < -0.4 is 5.32 Å². The number of hydrogen-bond donors (Lipinski definition) is 1. The van der Waals surface area contributed by atoms with Crippen LogP contribution >= 0.6 is 11.8 Å². The van der Waals surface area contributed by atoms with Crippen LogP contribution in [-0.2, 0) is 16.6 Å². The van der Waals surface area contributed by atoms with Crippen molar-refractivity contribution < 1.29 is 4.74 Å². The molecule has 1 aromatic carbocycles. The minimum Gasteiger partial charge on any atom is -0.375 e. The molecule has 0 amide bonds. The summed E-state index contributed by atoms with van der Waals surface area (Å²) in [5, 5.41) is 3.61. The van der Waals surface area contributed by atoms with Crippen LogP contribution in [0.4, 0.5) is 0 Å². The monoisotopic (exact) mass is 307 g/mol. The number of hydrogen-bond acceptors (Lipinski definition) is 3. The highest BCUT2D eigenvalue weighted by Crippen LogP contribution is 2.23. The van der Waals surface area contributed by atoms with Crippen molar-refractivity contribution in [2.24, 2.45) is 0 Å². The fraction of sp³-hybridized carbons (Fsp3) is 0.667. The summed E-state index contributed by atoms with van der Waals surface area (Å²) in [6, 6.07) is 9.52. The van der Waals surface area contributed by atoms with Crippen molar-refractivity contribution in [2.75, 3.05) is 24.7 Å². The highest BCUT2D eigenvalue weighted by molar-refractivity contribution is 7.99. The molecule has 0 bridgehead atoms. The largest absolute Gasteiger partial charge is 0.375 e. The molecule has 1 fully saturated rings. The van der Waals surface area contributed by atoms with E-state index < -0.39 is 0 Å². The van der Waals surface area contributed by atoms with E-state index in [1.165, 1.54) is 11.1 Å². The van der Waals surface area contributed by atoms with Crippen LogP contribution in [0.15, 0.2) is 24.3 Å². The Morgan fingerprint density at radius 3 is 2.52 bits per heavy atom. The molecule has 2 nitrogen and oxygen atoms in total. The molecule has 1 heterocycles. The molecule has 2 rings (SSSR count). The van der Waals surface area contributed by atoms with Crippen molar-refractivity contribution in [1.82, 2.24) is 5.32 Å². The second-order valence-electron chi connectivity index (χ2n) is 6.80. The Morgan fingerprint density at radius 2 is 2.00 bits per heavy atom. The molecular weight excluding hydrogens is 278 g/mol. The smallest absolute Gasteiger partial charge is 0.0821 e. The highest BCUT2D eigenvalue weighted by atomic mass is 32.2. The molecule has 0 radical (unpaired) electrons. The van der Waals surface area contributed by atoms with E-state index in [0.29, 0.717) is 12.1 Å². The lowest BCUT2D eigenvalue weighted by Crippen LogP contribution is -2.46. The molecular formula is C18H29NOS. The predicted octanol–water partition coefficient (Wildman–Crippen LogP) is 3.64. The topological polar surface area (TPSA) is 21.3 Å². The molecule has 1 aliphatic heterocycles. The third-order valence-electron chi connectivity index (χ3n) is 4.03. The van der Waals surface area contributed by atoms with E-state index in [9.17, 15) is 0 Å². The number of rotatable bonds is 5. The van der Waals surface area contributed by atoms with E-state index >= 15 is 0 Å². The van der Waals surface area contributed by atoms with Crippen LogP contribution in [0.25, 0.3) is 0 Å². The van der Waals surface area contributed by atoms with Crippen LogP contribution in [0.1, 0.15) is 38.8 Å². The number of likely N-dealkylation sites (N-methyl/N-ethyl adjacent to an activating group) is 1. The molecule has 1 saturated heterocycles. The second-order valence-corrected chi connectivity index (χ2v) is 7.95. The zero-order valence-corrected chi connectivity index (χ0v) is 14.6. The van der Waals surface area contributed by atoms with Gasteiger partial charge < -0.3 is 10.1 Å². The normalized spacial score (nSPS) is 21.2. The summed E-state index contributed by atoms with van der Waals surface area (Å²) in [7, 11) is 0. The molecule has 2 unspecified atom stereocenters. The van der Waals surface area contributed by atoms with Crippen LogP contribution in [-0.4, -0.2) is 36.8 Å². The Morgan fingerprint density at radius 1 is 1.29 bits per heavy atom. The van der Waals surface area contributed by atoms with Gasteiger partial charge in [-0.05, 0) is 29.5 Å². The Bertz CT molecular complexity index is 418. The average Bonchev–Trinajstić information content (AvgIpc) is 2.47. The van der Waals surface area contributed by atoms with Crippen molar-refractivity contribution >= 4 is 11.8 Å². The minimum absolute atomic E-state index is 0.225. The predicted molar refractivity (Wildman–Crippen MR) is 93.4 cm³/mol. The maximum Gasteiger partial charge on any atom is 0.0821 e. The van der Waals surface area contributed by atoms with E-state index in [1.807, 2.05) is 11.8 Å². The standard InChI is InChI=1S/C18H29NOS/c1-5-19-16(17-13-21-11-10-20-17)12-14-6-8-15(9-7-14)18(2,3)4/h6-9,16-17,19H,5,10-13H2,1-4H3. The van der Waals surface area contributed by atoms with Crippen molar-refractivity contribution in [3.8, 4) is 0 Å². The van der Waals surface area contributed by atoms with Gasteiger partial charge in [0, 0.05) is 17.5 Å². The first-order valence-corrected chi connectivity index (χ1v) is 9.18. The van der Waals surface area contributed by atoms with Crippen molar-refractivity contribution in [2.45, 2.75) is 51.7 Å². The molecule has 0 aliphatic carbocycles. The first kappa shape index (κ1) is 16.9. The fourth-order valence-corrected chi connectivity index (χ4v) is 3.67. The lowest BCUT2D eigenvalue weighted by atomic mass is 9.86. The van der Waals surface area contributed by atoms with Crippen LogP contribution in [0.3, 0.4) is 0 Å². The summed E-state index contributed by atoms with van der Waals surface area (Å²) >= 11 is 2.01. The number of benzene rings is 1. The Labute approximate surface area is 134 Å². The lowest BCUT2D eigenvalue weighted by molar-refractivity contribution is 0.0476. The number of thioether (sulfide) groups is 1. The lowest BCUT2D eigenvalue weighted by Gasteiger charge is -2.31. The van der Waals surface area contributed by atoms with Gasteiger partial charge in [-0.1, -0.05) is 52.0 Å². The molecule has 1 aliphatic rings. The second kappa shape index (κ2) is 7.66. The molecule has 0 aromatic heterocycles. The maximum absolute atomic E-state index is 5.96. The quantitative estimate of drug-likeness (QED) is 0.897. The Hall–Kier alpha value is -0.510. The molecule has 2 atom stereocenters. The van der Waals surface area contributed by atoms with Crippen molar-refractivity contribution in [3.05, 3.63) is 35.4 Å². The molecule has 3 heteroatoms. The van der Waals surface area contributed by atoms with Crippen molar-refractivity contribution in [3.63, 3.8) is 0 Å². The molecule has 1 aromatic rings. The summed E-state index contributed by atoms with van der Waals surface area (Å²) < 4.78 is 5.96.